The van der Waals surface area contributed by atoms with Crippen LogP contribution in [0.15, 0.2) is 109 Å². The molecule has 0 amide bonds. The molecule has 1 unspecified atom stereocenters. The molecule has 0 spiro atoms. The van der Waals surface area contributed by atoms with Crippen LogP contribution in [0, 0.1) is 6.92 Å². The third-order valence-electron chi connectivity index (χ3n) is 9.93. The fourth-order valence-electron chi connectivity index (χ4n) is 7.05. The first kappa shape index (κ1) is 50.5. The standard InChI is InChI=1S/C24H29.C20H12F9.C2H6Si.2ClH.Zr/c1-6-8-17(2)20-15-19-9-7-10-22(23(19)16-20)18-11-13-21(14-12-18)24(3,4)5;1-11-9-13-3-2-4-15(16(13)10-11)12-5-7-14(8-6-12)17(18(21,22)23,19(24,25)26)20(27,28)29;1-3-2;;;/h7,9-17H,6,8H2,1-5H3;2-10H,1H3;1-2H3;2*1H;/q2*-1;;;;+4/p-2. The molecule has 2 radical (unpaired) electrons. The van der Waals surface area contributed by atoms with Crippen molar-refractivity contribution in [1.29, 1.82) is 0 Å². The molecule has 1 atom stereocenters. The zero-order valence-corrected chi connectivity index (χ0v) is 39.0. The minimum atomic E-state index is -6.63. The quantitative estimate of drug-likeness (QED) is 0.0886. The fourth-order valence-corrected chi connectivity index (χ4v) is 7.05. The molecule has 0 heterocycles. The van der Waals surface area contributed by atoms with Crippen LogP contribution in [0.2, 0.25) is 13.1 Å². The molecule has 316 valence electrons. The molecule has 0 saturated heterocycles. The van der Waals surface area contributed by atoms with Crippen molar-refractivity contribution in [3.63, 3.8) is 0 Å². The number of rotatable bonds is 6. The Kier molecular flexibility index (Phi) is 17.8. The Balaban J connectivity index is 0.000000282. The second kappa shape index (κ2) is 20.8. The number of hydrogen-bond donors (Lipinski definition) is 0. The average molecular weight is 961 g/mol. The molecular formula is C46H47Cl2F9SiZr. The van der Waals surface area contributed by atoms with Gasteiger partial charge in [-0.15, -0.1) is 69.1 Å². The van der Waals surface area contributed by atoms with E-state index in [1.54, 1.807) is 31.2 Å². The van der Waals surface area contributed by atoms with Crippen LogP contribution in [0.1, 0.15) is 75.6 Å². The van der Waals surface area contributed by atoms with Crippen LogP contribution in [0.25, 0.3) is 43.8 Å². The summed E-state index contributed by atoms with van der Waals surface area (Å²) in [6, 6.07) is 31.3. The molecule has 0 N–H and O–H groups in total. The van der Waals surface area contributed by atoms with E-state index in [-0.39, 0.29) is 23.1 Å². The van der Waals surface area contributed by atoms with Crippen LogP contribution >= 0.6 is 17.0 Å². The summed E-state index contributed by atoms with van der Waals surface area (Å²) in [7, 11) is 11.0. The summed E-state index contributed by atoms with van der Waals surface area (Å²) in [6.45, 7) is 17.5. The summed E-state index contributed by atoms with van der Waals surface area (Å²) in [5, 5.41) is 4.23. The van der Waals surface area contributed by atoms with E-state index in [0.29, 0.717) is 16.9 Å². The van der Waals surface area contributed by atoms with Gasteiger partial charge in [0.1, 0.15) is 0 Å². The Morgan fingerprint density at radius 1 is 0.627 bits per heavy atom. The first-order valence-corrected chi connectivity index (χ1v) is 27.1. The normalized spacial score (nSPS) is 12.7. The second-order valence-corrected chi connectivity index (χ2v) is 20.1. The van der Waals surface area contributed by atoms with Crippen molar-refractivity contribution >= 4 is 48.1 Å². The predicted octanol–water partition coefficient (Wildman–Crippen LogP) is 17.0. The molecule has 0 aliphatic rings. The average Bonchev–Trinajstić information content (AvgIpc) is 3.74. The van der Waals surface area contributed by atoms with Crippen molar-refractivity contribution in [2.45, 2.75) is 103 Å². The number of alkyl halides is 9. The van der Waals surface area contributed by atoms with Crippen LogP contribution in [0.5, 0.6) is 0 Å². The summed E-state index contributed by atoms with van der Waals surface area (Å²) < 4.78 is 119. The maximum atomic E-state index is 13.2. The number of halogens is 11. The van der Waals surface area contributed by atoms with Gasteiger partial charge in [0, 0.05) is 9.52 Å². The summed E-state index contributed by atoms with van der Waals surface area (Å²) in [4.78, 5) is 0. The van der Waals surface area contributed by atoms with E-state index in [4.69, 9.17) is 17.0 Å². The molecule has 0 saturated carbocycles. The van der Waals surface area contributed by atoms with Crippen molar-refractivity contribution < 1.29 is 60.4 Å². The minimum absolute atomic E-state index is 0.199. The Bertz CT molecular complexity index is 2170. The molecule has 0 aromatic heterocycles. The van der Waals surface area contributed by atoms with E-state index in [0.717, 1.165) is 32.6 Å². The number of fused-ring (bicyclic) bond motifs is 2. The summed E-state index contributed by atoms with van der Waals surface area (Å²) >= 11 is -0.826. The van der Waals surface area contributed by atoms with Crippen molar-refractivity contribution in [2.24, 2.45) is 0 Å². The van der Waals surface area contributed by atoms with E-state index in [1.165, 1.54) is 45.9 Å². The molecule has 0 aliphatic carbocycles. The van der Waals surface area contributed by atoms with Crippen LogP contribution in [-0.4, -0.2) is 28.0 Å². The Morgan fingerprint density at radius 2 is 1.02 bits per heavy atom. The van der Waals surface area contributed by atoms with Crippen molar-refractivity contribution in [3.8, 4) is 22.3 Å². The van der Waals surface area contributed by atoms with Gasteiger partial charge in [0.25, 0.3) is 5.41 Å². The summed E-state index contributed by atoms with van der Waals surface area (Å²) in [5.41, 5.74) is -0.610. The van der Waals surface area contributed by atoms with Gasteiger partial charge in [-0.25, -0.2) is 0 Å². The predicted molar refractivity (Wildman–Crippen MR) is 226 cm³/mol. The van der Waals surface area contributed by atoms with E-state index in [9.17, 15) is 39.5 Å². The van der Waals surface area contributed by atoms with E-state index < -0.39 is 50.4 Å². The molecule has 6 aromatic carbocycles. The van der Waals surface area contributed by atoms with Gasteiger partial charge in [-0.2, -0.15) is 51.6 Å². The zero-order valence-electron chi connectivity index (χ0n) is 34.0. The Labute approximate surface area is 362 Å². The first-order chi connectivity index (χ1) is 27.4. The SMILES string of the molecule is CCCC(C)c1cc2c(-c3ccc(C(C)(C)C)cc3)cccc2[cH-]1.C[Si]C.Cc1cc2c(-c3ccc(C(C(F)(F)F)(C(F)(F)F)C(F)(F)F)cc3)cccc2[cH-]1.[Cl][Zr+2][Cl]. The van der Waals surface area contributed by atoms with Crippen molar-refractivity contribution in [2.75, 3.05) is 0 Å². The fraction of sp³-hybridized carbons (Fsp3) is 0.348. The van der Waals surface area contributed by atoms with Gasteiger partial charge in [0.05, 0.1) is 0 Å². The number of hydrogen-bond acceptors (Lipinski definition) is 0. The summed E-state index contributed by atoms with van der Waals surface area (Å²) in [6.07, 6.45) is -17.4. The molecular weight excluding hydrogens is 914 g/mol. The van der Waals surface area contributed by atoms with Crippen molar-refractivity contribution in [3.05, 3.63) is 131 Å². The summed E-state index contributed by atoms with van der Waals surface area (Å²) in [5.74, 6) is 0.638. The van der Waals surface area contributed by atoms with Gasteiger partial charge in [0.2, 0.25) is 0 Å². The molecule has 6 aromatic rings. The maximum absolute atomic E-state index is 13.2. The molecule has 13 heteroatoms. The molecule has 0 fully saturated rings. The number of aryl methyl sites for hydroxylation is 1. The monoisotopic (exact) mass is 958 g/mol. The molecule has 6 rings (SSSR count). The van der Waals surface area contributed by atoms with Gasteiger partial charge >= 0.3 is 56.4 Å². The van der Waals surface area contributed by atoms with E-state index in [1.807, 2.05) is 6.07 Å². The van der Waals surface area contributed by atoms with E-state index in [2.05, 4.69) is 102 Å². The van der Waals surface area contributed by atoms with Gasteiger partial charge in [-0.1, -0.05) is 133 Å². The Hall–Kier alpha value is -2.85. The van der Waals surface area contributed by atoms with Gasteiger partial charge in [-0.3, -0.25) is 0 Å². The van der Waals surface area contributed by atoms with E-state index >= 15 is 0 Å². The molecule has 0 bridgehead atoms. The van der Waals surface area contributed by atoms with Crippen LogP contribution in [-0.2, 0) is 31.7 Å². The van der Waals surface area contributed by atoms with Gasteiger partial charge in [0.15, 0.2) is 0 Å². The van der Waals surface area contributed by atoms with Gasteiger partial charge < -0.3 is 0 Å². The zero-order chi connectivity index (χ0) is 44.6. The Morgan fingerprint density at radius 3 is 1.41 bits per heavy atom. The van der Waals surface area contributed by atoms with Gasteiger partial charge in [-0.05, 0) is 40.0 Å². The third-order valence-corrected chi connectivity index (χ3v) is 9.93. The third kappa shape index (κ3) is 11.7. The second-order valence-electron chi connectivity index (χ2n) is 15.3. The van der Waals surface area contributed by atoms with Crippen molar-refractivity contribution in [1.82, 2.24) is 0 Å². The molecule has 0 nitrogen and oxygen atoms in total. The van der Waals surface area contributed by atoms with Crippen LogP contribution < -0.4 is 0 Å². The van der Waals surface area contributed by atoms with Crippen LogP contribution in [0.4, 0.5) is 39.5 Å². The molecule has 59 heavy (non-hydrogen) atoms. The first-order valence-electron chi connectivity index (χ1n) is 18.8. The van der Waals surface area contributed by atoms with Crippen LogP contribution in [0.3, 0.4) is 0 Å². The topological polar surface area (TPSA) is 0 Å². The number of benzene rings is 4. The molecule has 0 aliphatic heterocycles.